The lowest BCUT2D eigenvalue weighted by Gasteiger charge is -2.16. The van der Waals surface area contributed by atoms with Crippen LogP contribution in [0.3, 0.4) is 0 Å². The summed E-state index contributed by atoms with van der Waals surface area (Å²) in [6, 6.07) is 3.97. The van der Waals surface area contributed by atoms with E-state index < -0.39 is 17.7 Å². The van der Waals surface area contributed by atoms with Crippen LogP contribution in [0.5, 0.6) is 5.75 Å². The topological polar surface area (TPSA) is 61.5 Å². The maximum absolute atomic E-state index is 13.2. The Labute approximate surface area is 99.5 Å². The van der Waals surface area contributed by atoms with Gasteiger partial charge in [0.1, 0.15) is 11.6 Å². The minimum absolute atomic E-state index is 0.0403. The molecule has 1 rings (SSSR count). The summed E-state index contributed by atoms with van der Waals surface area (Å²) in [5, 5.41) is 0. The fraction of sp³-hybridized carbons (Fsp3) is 0.417. The van der Waals surface area contributed by atoms with E-state index in [0.29, 0.717) is 11.3 Å². The Hall–Kier alpha value is -1.62. The van der Waals surface area contributed by atoms with Gasteiger partial charge in [-0.2, -0.15) is 0 Å². The number of ether oxygens (including phenoxy) is 2. The predicted octanol–water partition coefficient (Wildman–Crippen LogP) is 1.44. The number of methoxy groups -OCH3 is 1. The third-order valence-corrected chi connectivity index (χ3v) is 2.37. The minimum Gasteiger partial charge on any atom is -0.496 e. The molecule has 0 spiro atoms. The Balaban J connectivity index is 3.09. The zero-order chi connectivity index (χ0) is 12.8. The van der Waals surface area contributed by atoms with Gasteiger partial charge in [-0.15, -0.1) is 0 Å². The average molecular weight is 241 g/mol. The summed E-state index contributed by atoms with van der Waals surface area (Å²) in [4.78, 5) is 11.7. The van der Waals surface area contributed by atoms with Crippen LogP contribution < -0.4 is 10.5 Å². The van der Waals surface area contributed by atoms with Crippen LogP contribution in [-0.2, 0) is 9.53 Å². The molecule has 1 atom stereocenters. The molecule has 17 heavy (non-hydrogen) atoms. The molecule has 0 bridgehead atoms. The van der Waals surface area contributed by atoms with Crippen LogP contribution in [0.15, 0.2) is 18.2 Å². The molecule has 1 aromatic rings. The van der Waals surface area contributed by atoms with Gasteiger partial charge in [0, 0.05) is 12.1 Å². The van der Waals surface area contributed by atoms with Crippen molar-refractivity contribution in [2.24, 2.45) is 5.73 Å². The SMILES string of the molecule is CCOC(=O)C(CN)c1cc(F)ccc1OC. The highest BCUT2D eigenvalue weighted by Gasteiger charge is 2.24. The van der Waals surface area contributed by atoms with E-state index in [-0.39, 0.29) is 13.2 Å². The lowest BCUT2D eigenvalue weighted by molar-refractivity contribution is -0.144. The Morgan fingerprint density at radius 3 is 2.76 bits per heavy atom. The van der Waals surface area contributed by atoms with E-state index in [1.165, 1.54) is 25.3 Å². The number of carbonyl (C=O) groups is 1. The monoisotopic (exact) mass is 241 g/mol. The highest BCUT2D eigenvalue weighted by atomic mass is 19.1. The molecule has 0 aliphatic carbocycles. The molecule has 0 heterocycles. The molecule has 1 aromatic carbocycles. The standard InChI is InChI=1S/C12H16FNO3/c1-3-17-12(15)10(7-14)9-6-8(13)4-5-11(9)16-2/h4-6,10H,3,7,14H2,1-2H3. The number of hydrogen-bond donors (Lipinski definition) is 1. The molecule has 0 radical (unpaired) electrons. The second-order valence-electron chi connectivity index (χ2n) is 3.43. The number of halogens is 1. The number of hydrogen-bond acceptors (Lipinski definition) is 4. The van der Waals surface area contributed by atoms with Crippen molar-refractivity contribution in [1.29, 1.82) is 0 Å². The molecule has 5 heteroatoms. The largest absolute Gasteiger partial charge is 0.496 e. The zero-order valence-electron chi connectivity index (χ0n) is 9.90. The molecule has 0 aliphatic heterocycles. The minimum atomic E-state index is -0.708. The molecule has 4 nitrogen and oxygen atoms in total. The first-order valence-corrected chi connectivity index (χ1v) is 5.34. The van der Waals surface area contributed by atoms with Crippen molar-refractivity contribution in [1.82, 2.24) is 0 Å². The van der Waals surface area contributed by atoms with E-state index in [2.05, 4.69) is 0 Å². The second kappa shape index (κ2) is 6.20. The Bertz CT molecular complexity index is 395. The molecule has 0 amide bonds. The maximum atomic E-state index is 13.2. The molecule has 0 saturated carbocycles. The fourth-order valence-electron chi connectivity index (χ4n) is 1.57. The van der Waals surface area contributed by atoms with Gasteiger partial charge >= 0.3 is 5.97 Å². The molecule has 0 fully saturated rings. The van der Waals surface area contributed by atoms with E-state index in [0.717, 1.165) is 0 Å². The van der Waals surface area contributed by atoms with Gasteiger partial charge in [0.15, 0.2) is 0 Å². The zero-order valence-corrected chi connectivity index (χ0v) is 9.90. The van der Waals surface area contributed by atoms with Crippen molar-refractivity contribution in [2.45, 2.75) is 12.8 Å². The lowest BCUT2D eigenvalue weighted by Crippen LogP contribution is -2.24. The van der Waals surface area contributed by atoms with E-state index >= 15 is 0 Å². The van der Waals surface area contributed by atoms with Crippen LogP contribution in [0.1, 0.15) is 18.4 Å². The first-order valence-electron chi connectivity index (χ1n) is 5.34. The van der Waals surface area contributed by atoms with Gasteiger partial charge in [0.25, 0.3) is 0 Å². The van der Waals surface area contributed by atoms with Crippen LogP contribution in [0, 0.1) is 5.82 Å². The van der Waals surface area contributed by atoms with Gasteiger partial charge in [-0.05, 0) is 25.1 Å². The quantitative estimate of drug-likeness (QED) is 0.792. The number of esters is 1. The normalized spacial score (nSPS) is 12.0. The third-order valence-electron chi connectivity index (χ3n) is 2.37. The van der Waals surface area contributed by atoms with Gasteiger partial charge in [-0.25, -0.2) is 4.39 Å². The molecule has 2 N–H and O–H groups in total. The predicted molar refractivity (Wildman–Crippen MR) is 61.4 cm³/mol. The van der Waals surface area contributed by atoms with Crippen LogP contribution >= 0.6 is 0 Å². The van der Waals surface area contributed by atoms with E-state index in [1.54, 1.807) is 6.92 Å². The summed E-state index contributed by atoms with van der Waals surface area (Å²) in [5.74, 6) is -1.20. The van der Waals surface area contributed by atoms with Crippen molar-refractivity contribution in [3.63, 3.8) is 0 Å². The van der Waals surface area contributed by atoms with E-state index in [9.17, 15) is 9.18 Å². The van der Waals surface area contributed by atoms with Crippen molar-refractivity contribution in [3.05, 3.63) is 29.6 Å². The summed E-state index contributed by atoms with van der Waals surface area (Å²) < 4.78 is 23.2. The van der Waals surface area contributed by atoms with Crippen molar-refractivity contribution in [3.8, 4) is 5.75 Å². The first-order chi connectivity index (χ1) is 8.13. The Kier molecular flexibility index (Phi) is 4.90. The molecule has 0 aromatic heterocycles. The molecular formula is C12H16FNO3. The summed E-state index contributed by atoms with van der Waals surface area (Å²) in [6.07, 6.45) is 0. The van der Waals surface area contributed by atoms with Crippen molar-refractivity contribution >= 4 is 5.97 Å². The van der Waals surface area contributed by atoms with Crippen LogP contribution in [-0.4, -0.2) is 26.2 Å². The lowest BCUT2D eigenvalue weighted by atomic mass is 9.98. The van der Waals surface area contributed by atoms with E-state index in [1.807, 2.05) is 0 Å². The molecule has 0 saturated heterocycles. The maximum Gasteiger partial charge on any atom is 0.314 e. The highest BCUT2D eigenvalue weighted by molar-refractivity contribution is 5.79. The molecule has 94 valence electrons. The van der Waals surface area contributed by atoms with Gasteiger partial charge in [-0.1, -0.05) is 0 Å². The molecule has 1 unspecified atom stereocenters. The second-order valence-corrected chi connectivity index (χ2v) is 3.43. The smallest absolute Gasteiger partial charge is 0.314 e. The summed E-state index contributed by atoms with van der Waals surface area (Å²) in [7, 11) is 1.45. The van der Waals surface area contributed by atoms with E-state index in [4.69, 9.17) is 15.2 Å². The van der Waals surface area contributed by atoms with Gasteiger partial charge in [-0.3, -0.25) is 4.79 Å². The summed E-state index contributed by atoms with van der Waals surface area (Å²) >= 11 is 0. The summed E-state index contributed by atoms with van der Waals surface area (Å²) in [6.45, 7) is 2.00. The Morgan fingerprint density at radius 2 is 2.24 bits per heavy atom. The number of rotatable bonds is 5. The highest BCUT2D eigenvalue weighted by Crippen LogP contribution is 2.27. The van der Waals surface area contributed by atoms with Crippen molar-refractivity contribution in [2.75, 3.05) is 20.3 Å². The van der Waals surface area contributed by atoms with Crippen LogP contribution in [0.25, 0.3) is 0 Å². The third kappa shape index (κ3) is 3.17. The number of benzene rings is 1. The van der Waals surface area contributed by atoms with Gasteiger partial charge < -0.3 is 15.2 Å². The van der Waals surface area contributed by atoms with Gasteiger partial charge in [0.05, 0.1) is 19.6 Å². The Morgan fingerprint density at radius 1 is 1.53 bits per heavy atom. The number of carbonyl (C=O) groups excluding carboxylic acids is 1. The summed E-state index contributed by atoms with van der Waals surface area (Å²) in [5.41, 5.74) is 5.94. The molecular weight excluding hydrogens is 225 g/mol. The van der Waals surface area contributed by atoms with Crippen molar-refractivity contribution < 1.29 is 18.7 Å². The van der Waals surface area contributed by atoms with Crippen LogP contribution in [0.4, 0.5) is 4.39 Å². The molecule has 0 aliphatic rings. The van der Waals surface area contributed by atoms with Crippen LogP contribution in [0.2, 0.25) is 0 Å². The van der Waals surface area contributed by atoms with Gasteiger partial charge in [0.2, 0.25) is 0 Å². The average Bonchev–Trinajstić information content (AvgIpc) is 2.31. The fourth-order valence-corrected chi connectivity index (χ4v) is 1.57. The first kappa shape index (κ1) is 13.4. The number of nitrogens with two attached hydrogens (primary N) is 1.